The molecular formula is C11H12BrFN2OS. The summed E-state index contributed by atoms with van der Waals surface area (Å²) in [4.78, 5) is 11.9. The zero-order chi connectivity index (χ0) is 12.4. The molecule has 2 rings (SSSR count). The van der Waals surface area contributed by atoms with Gasteiger partial charge >= 0.3 is 0 Å². The smallest absolute Gasteiger partial charge is 0.242 e. The molecule has 1 atom stereocenters. The van der Waals surface area contributed by atoms with E-state index in [9.17, 15) is 9.18 Å². The average Bonchev–Trinajstić information content (AvgIpc) is 2.79. The number of carbonyl (C=O) groups excluding carboxylic acids is 1. The highest BCUT2D eigenvalue weighted by Gasteiger charge is 2.23. The second-order valence-electron chi connectivity index (χ2n) is 3.84. The van der Waals surface area contributed by atoms with Crippen molar-refractivity contribution in [2.75, 3.05) is 16.9 Å². The zero-order valence-corrected chi connectivity index (χ0v) is 11.6. The van der Waals surface area contributed by atoms with Gasteiger partial charge in [0.2, 0.25) is 5.91 Å². The van der Waals surface area contributed by atoms with Gasteiger partial charge in [0.25, 0.3) is 0 Å². The van der Waals surface area contributed by atoms with Gasteiger partial charge < -0.3 is 5.32 Å². The summed E-state index contributed by atoms with van der Waals surface area (Å²) in [5.41, 5.74) is 1.35. The second kappa shape index (κ2) is 5.37. The Bertz CT molecular complexity index is 449. The molecule has 0 spiro atoms. The maximum Gasteiger partial charge on any atom is 0.242 e. The first-order valence-corrected chi connectivity index (χ1v) is 7.10. The van der Waals surface area contributed by atoms with E-state index in [2.05, 4.69) is 26.6 Å². The number of carbonyl (C=O) groups is 1. The van der Waals surface area contributed by atoms with Gasteiger partial charge in [-0.15, -0.1) is 11.8 Å². The number of benzene rings is 1. The molecule has 1 saturated heterocycles. The number of rotatable bonds is 2. The van der Waals surface area contributed by atoms with E-state index in [4.69, 9.17) is 0 Å². The van der Waals surface area contributed by atoms with Crippen LogP contribution in [0.15, 0.2) is 16.6 Å². The predicted molar refractivity (Wildman–Crippen MR) is 71.7 cm³/mol. The molecule has 2 N–H and O–H groups in total. The van der Waals surface area contributed by atoms with Gasteiger partial charge in [0.05, 0.1) is 10.5 Å². The molecule has 0 bridgehead atoms. The molecule has 0 aliphatic carbocycles. The van der Waals surface area contributed by atoms with Crippen molar-refractivity contribution in [2.45, 2.75) is 13.0 Å². The van der Waals surface area contributed by atoms with Gasteiger partial charge in [-0.3, -0.25) is 10.1 Å². The number of aryl methyl sites for hydroxylation is 1. The third-order valence-corrected chi connectivity index (χ3v) is 4.11. The molecule has 3 nitrogen and oxygen atoms in total. The van der Waals surface area contributed by atoms with Gasteiger partial charge in [-0.05, 0) is 40.5 Å². The average molecular weight is 319 g/mol. The largest absolute Gasteiger partial charge is 0.324 e. The maximum absolute atomic E-state index is 13.2. The molecule has 0 radical (unpaired) electrons. The molecule has 1 aromatic carbocycles. The SMILES string of the molecule is Cc1cc(F)c(Br)cc1NC(=O)C1CSCN1. The van der Waals surface area contributed by atoms with Crippen LogP contribution in [0.5, 0.6) is 0 Å². The van der Waals surface area contributed by atoms with Crippen molar-refractivity contribution in [3.63, 3.8) is 0 Å². The summed E-state index contributed by atoms with van der Waals surface area (Å²) in [6.45, 7) is 1.77. The number of thioether (sulfide) groups is 1. The van der Waals surface area contributed by atoms with Crippen molar-refractivity contribution in [1.82, 2.24) is 5.32 Å². The van der Waals surface area contributed by atoms with Crippen LogP contribution >= 0.6 is 27.7 Å². The van der Waals surface area contributed by atoms with Gasteiger partial charge in [0.1, 0.15) is 5.82 Å². The Labute approximate surface area is 112 Å². The number of amides is 1. The first kappa shape index (κ1) is 12.9. The van der Waals surface area contributed by atoms with E-state index in [1.807, 2.05) is 0 Å². The quantitative estimate of drug-likeness (QED) is 0.880. The molecule has 1 fully saturated rings. The van der Waals surface area contributed by atoms with Gasteiger partial charge in [0, 0.05) is 17.3 Å². The standard InChI is InChI=1S/C11H12BrFN2OS/c1-6-2-8(13)7(12)3-9(6)15-11(16)10-4-17-5-14-10/h2-3,10,14H,4-5H2,1H3,(H,15,16). The summed E-state index contributed by atoms with van der Waals surface area (Å²) in [5, 5.41) is 5.90. The van der Waals surface area contributed by atoms with Gasteiger partial charge in [-0.1, -0.05) is 0 Å². The summed E-state index contributed by atoms with van der Waals surface area (Å²) in [7, 11) is 0. The number of hydrogen-bond donors (Lipinski definition) is 2. The van der Waals surface area contributed by atoms with Gasteiger partial charge in [0.15, 0.2) is 0 Å². The van der Waals surface area contributed by atoms with E-state index in [1.54, 1.807) is 24.8 Å². The molecule has 6 heteroatoms. The van der Waals surface area contributed by atoms with Crippen LogP contribution in [0.3, 0.4) is 0 Å². The zero-order valence-electron chi connectivity index (χ0n) is 9.22. The Morgan fingerprint density at radius 2 is 2.41 bits per heavy atom. The molecule has 1 aromatic rings. The highest BCUT2D eigenvalue weighted by atomic mass is 79.9. The minimum atomic E-state index is -0.324. The monoisotopic (exact) mass is 318 g/mol. The Hall–Kier alpha value is -0.590. The Morgan fingerprint density at radius 1 is 1.65 bits per heavy atom. The fourth-order valence-electron chi connectivity index (χ4n) is 1.56. The summed E-state index contributed by atoms with van der Waals surface area (Å²) < 4.78 is 13.6. The van der Waals surface area contributed by atoms with Crippen molar-refractivity contribution < 1.29 is 9.18 Å². The lowest BCUT2D eigenvalue weighted by atomic mass is 10.2. The van der Waals surface area contributed by atoms with Crippen molar-refractivity contribution in [3.8, 4) is 0 Å². The van der Waals surface area contributed by atoms with E-state index in [0.717, 1.165) is 11.6 Å². The lowest BCUT2D eigenvalue weighted by Crippen LogP contribution is -2.37. The first-order valence-electron chi connectivity index (χ1n) is 5.15. The van der Waals surface area contributed by atoms with Crippen molar-refractivity contribution in [3.05, 3.63) is 28.0 Å². The van der Waals surface area contributed by atoms with Crippen LogP contribution in [-0.4, -0.2) is 23.6 Å². The van der Waals surface area contributed by atoms with Crippen molar-refractivity contribution >= 4 is 39.3 Å². The number of halogens is 2. The highest BCUT2D eigenvalue weighted by molar-refractivity contribution is 9.10. The van der Waals surface area contributed by atoms with Crippen LogP contribution in [-0.2, 0) is 4.79 Å². The minimum absolute atomic E-state index is 0.0726. The lowest BCUT2D eigenvalue weighted by molar-refractivity contribution is -0.117. The number of anilines is 1. The summed E-state index contributed by atoms with van der Waals surface area (Å²) in [5.74, 6) is 1.17. The van der Waals surface area contributed by atoms with E-state index >= 15 is 0 Å². The van der Waals surface area contributed by atoms with Gasteiger partial charge in [-0.25, -0.2) is 4.39 Å². The molecule has 1 aliphatic heterocycles. The summed E-state index contributed by atoms with van der Waals surface area (Å²) >= 11 is 4.80. The number of hydrogen-bond acceptors (Lipinski definition) is 3. The van der Waals surface area contributed by atoms with Gasteiger partial charge in [-0.2, -0.15) is 0 Å². The molecule has 92 valence electrons. The van der Waals surface area contributed by atoms with E-state index in [-0.39, 0.29) is 17.8 Å². The molecule has 0 saturated carbocycles. The molecule has 1 unspecified atom stereocenters. The Morgan fingerprint density at radius 3 is 3.06 bits per heavy atom. The van der Waals surface area contributed by atoms with E-state index in [1.165, 1.54) is 6.07 Å². The van der Waals surface area contributed by atoms with Crippen LogP contribution < -0.4 is 10.6 Å². The first-order chi connectivity index (χ1) is 8.08. The fourth-order valence-corrected chi connectivity index (χ4v) is 2.85. The predicted octanol–water partition coefficient (Wildman–Crippen LogP) is 2.50. The van der Waals surface area contributed by atoms with Crippen LogP contribution in [0.2, 0.25) is 0 Å². The highest BCUT2D eigenvalue weighted by Crippen LogP contribution is 2.24. The van der Waals surface area contributed by atoms with Crippen molar-refractivity contribution in [1.29, 1.82) is 0 Å². The third-order valence-electron chi connectivity index (χ3n) is 2.56. The molecule has 1 heterocycles. The van der Waals surface area contributed by atoms with E-state index in [0.29, 0.717) is 15.7 Å². The molecule has 0 aromatic heterocycles. The van der Waals surface area contributed by atoms with Crippen LogP contribution in [0, 0.1) is 12.7 Å². The normalized spacial score (nSPS) is 19.4. The lowest BCUT2D eigenvalue weighted by Gasteiger charge is -2.13. The van der Waals surface area contributed by atoms with Crippen molar-refractivity contribution in [2.24, 2.45) is 0 Å². The molecule has 17 heavy (non-hydrogen) atoms. The second-order valence-corrected chi connectivity index (χ2v) is 5.73. The molecule has 1 amide bonds. The topological polar surface area (TPSA) is 41.1 Å². The van der Waals surface area contributed by atoms with E-state index < -0.39 is 0 Å². The number of nitrogens with one attached hydrogen (secondary N) is 2. The summed E-state index contributed by atoms with van der Waals surface area (Å²) in [6, 6.07) is 2.82. The fraction of sp³-hybridized carbons (Fsp3) is 0.364. The Balaban J connectivity index is 2.12. The Kier molecular flexibility index (Phi) is 4.06. The van der Waals surface area contributed by atoms with Crippen LogP contribution in [0.4, 0.5) is 10.1 Å². The minimum Gasteiger partial charge on any atom is -0.324 e. The molecular weight excluding hydrogens is 307 g/mol. The van der Waals surface area contributed by atoms with Crippen LogP contribution in [0.1, 0.15) is 5.56 Å². The summed E-state index contributed by atoms with van der Waals surface area (Å²) in [6.07, 6.45) is 0. The molecule has 1 aliphatic rings. The third kappa shape index (κ3) is 3.00. The van der Waals surface area contributed by atoms with Crippen LogP contribution in [0.25, 0.3) is 0 Å². The maximum atomic E-state index is 13.2.